The quantitative estimate of drug-likeness (QED) is 0.859. The minimum Gasteiger partial charge on any atom is -0.382 e. The van der Waals surface area contributed by atoms with E-state index in [4.69, 9.17) is 28.9 Å². The van der Waals surface area contributed by atoms with Crippen LogP contribution in [0.25, 0.3) is 0 Å². The SMILES string of the molecule is CC1c2ccsc2CCN1c1nc(N)c(Cl)cc1Cl. The topological polar surface area (TPSA) is 42.2 Å². The lowest BCUT2D eigenvalue weighted by Crippen LogP contribution is -2.34. The minimum atomic E-state index is 0.251. The molecule has 0 aliphatic carbocycles. The Balaban J connectivity index is 2.02. The van der Waals surface area contributed by atoms with Crippen LogP contribution in [0.5, 0.6) is 0 Å². The fraction of sp³-hybridized carbons (Fsp3) is 0.308. The Morgan fingerprint density at radius 3 is 3.00 bits per heavy atom. The molecule has 1 aliphatic rings. The van der Waals surface area contributed by atoms with Gasteiger partial charge in [-0.1, -0.05) is 23.2 Å². The van der Waals surface area contributed by atoms with E-state index >= 15 is 0 Å². The second-order valence-corrected chi connectivity index (χ2v) is 6.39. The highest BCUT2D eigenvalue weighted by Crippen LogP contribution is 2.39. The second-order valence-electron chi connectivity index (χ2n) is 4.58. The van der Waals surface area contributed by atoms with Gasteiger partial charge in [-0.05, 0) is 36.4 Å². The molecule has 0 amide bonds. The lowest BCUT2D eigenvalue weighted by atomic mass is 10.0. The van der Waals surface area contributed by atoms with Crippen LogP contribution in [0.2, 0.25) is 10.0 Å². The van der Waals surface area contributed by atoms with Crippen LogP contribution in [0.15, 0.2) is 17.5 Å². The van der Waals surface area contributed by atoms with E-state index in [0.717, 1.165) is 13.0 Å². The molecule has 100 valence electrons. The number of thiophene rings is 1. The predicted octanol–water partition coefficient (Wildman–Crippen LogP) is 4.16. The first-order valence-corrected chi connectivity index (χ1v) is 7.66. The third kappa shape index (κ3) is 2.18. The first-order valence-electron chi connectivity index (χ1n) is 6.02. The second kappa shape index (κ2) is 4.85. The van der Waals surface area contributed by atoms with E-state index in [1.165, 1.54) is 10.4 Å². The van der Waals surface area contributed by atoms with Crippen LogP contribution >= 0.6 is 34.5 Å². The van der Waals surface area contributed by atoms with Crippen LogP contribution in [-0.4, -0.2) is 11.5 Å². The highest BCUT2D eigenvalue weighted by Gasteiger charge is 2.27. The van der Waals surface area contributed by atoms with Gasteiger partial charge in [0, 0.05) is 11.4 Å². The van der Waals surface area contributed by atoms with Gasteiger partial charge in [0.25, 0.3) is 0 Å². The van der Waals surface area contributed by atoms with Crippen molar-refractivity contribution in [3.8, 4) is 0 Å². The Morgan fingerprint density at radius 2 is 2.21 bits per heavy atom. The zero-order chi connectivity index (χ0) is 13.6. The number of nitrogens with zero attached hydrogens (tertiary/aromatic N) is 2. The van der Waals surface area contributed by atoms with Crippen molar-refractivity contribution in [2.75, 3.05) is 17.2 Å². The van der Waals surface area contributed by atoms with Gasteiger partial charge >= 0.3 is 0 Å². The maximum Gasteiger partial charge on any atom is 0.150 e. The summed E-state index contributed by atoms with van der Waals surface area (Å²) in [5.41, 5.74) is 7.14. The summed E-state index contributed by atoms with van der Waals surface area (Å²) in [4.78, 5) is 7.98. The number of pyridine rings is 1. The number of hydrogen-bond donors (Lipinski definition) is 1. The zero-order valence-electron chi connectivity index (χ0n) is 10.4. The summed E-state index contributed by atoms with van der Waals surface area (Å²) < 4.78 is 0. The van der Waals surface area contributed by atoms with Crippen molar-refractivity contribution in [1.29, 1.82) is 0 Å². The van der Waals surface area contributed by atoms with Gasteiger partial charge in [0.2, 0.25) is 0 Å². The largest absolute Gasteiger partial charge is 0.382 e. The molecule has 1 unspecified atom stereocenters. The van der Waals surface area contributed by atoms with E-state index in [9.17, 15) is 0 Å². The van der Waals surface area contributed by atoms with Crippen molar-refractivity contribution in [1.82, 2.24) is 4.98 Å². The summed E-state index contributed by atoms with van der Waals surface area (Å²) in [6, 6.07) is 4.08. The number of rotatable bonds is 1. The molecule has 3 heterocycles. The van der Waals surface area contributed by atoms with Crippen LogP contribution in [0.4, 0.5) is 11.6 Å². The minimum absolute atomic E-state index is 0.251. The van der Waals surface area contributed by atoms with Crippen molar-refractivity contribution in [2.45, 2.75) is 19.4 Å². The summed E-state index contributed by atoms with van der Waals surface area (Å²) >= 11 is 14.0. The van der Waals surface area contributed by atoms with Crippen molar-refractivity contribution in [3.63, 3.8) is 0 Å². The van der Waals surface area contributed by atoms with Gasteiger partial charge in [-0.3, -0.25) is 0 Å². The number of halogens is 2. The van der Waals surface area contributed by atoms with E-state index in [0.29, 0.717) is 21.7 Å². The van der Waals surface area contributed by atoms with Gasteiger partial charge in [-0.25, -0.2) is 4.98 Å². The number of anilines is 2. The van der Waals surface area contributed by atoms with Gasteiger partial charge in [-0.2, -0.15) is 0 Å². The number of nitrogens with two attached hydrogens (primary N) is 1. The molecule has 1 atom stereocenters. The fourth-order valence-electron chi connectivity index (χ4n) is 2.47. The normalized spacial score (nSPS) is 18.5. The van der Waals surface area contributed by atoms with Crippen LogP contribution in [0, 0.1) is 0 Å². The number of fused-ring (bicyclic) bond motifs is 1. The molecule has 0 radical (unpaired) electrons. The standard InChI is InChI=1S/C13H13Cl2N3S/c1-7-8-3-5-19-11(8)2-4-18(7)13-10(15)6-9(14)12(16)17-13/h3,5-7H,2,4H2,1H3,(H2,16,17). The van der Waals surface area contributed by atoms with E-state index < -0.39 is 0 Å². The van der Waals surface area contributed by atoms with Crippen molar-refractivity contribution in [3.05, 3.63) is 38.0 Å². The Labute approximate surface area is 126 Å². The molecule has 3 nitrogen and oxygen atoms in total. The van der Waals surface area contributed by atoms with Gasteiger partial charge in [-0.15, -0.1) is 11.3 Å². The van der Waals surface area contributed by atoms with E-state index in [2.05, 4.69) is 28.3 Å². The molecule has 2 aromatic heterocycles. The summed E-state index contributed by atoms with van der Waals surface area (Å²) in [6.45, 7) is 3.05. The maximum absolute atomic E-state index is 6.26. The summed E-state index contributed by atoms with van der Waals surface area (Å²) in [5, 5.41) is 3.08. The maximum atomic E-state index is 6.26. The first-order chi connectivity index (χ1) is 9.08. The third-order valence-corrected chi connectivity index (χ3v) is 5.06. The molecule has 0 fully saturated rings. The molecule has 0 aromatic carbocycles. The smallest absolute Gasteiger partial charge is 0.150 e. The third-order valence-electron chi connectivity index (χ3n) is 3.49. The molecule has 2 N–H and O–H groups in total. The molecule has 2 aromatic rings. The Bertz CT molecular complexity index is 626. The molecule has 0 spiro atoms. The van der Waals surface area contributed by atoms with Crippen molar-refractivity contribution < 1.29 is 0 Å². The Morgan fingerprint density at radius 1 is 1.42 bits per heavy atom. The average Bonchev–Trinajstić information content (AvgIpc) is 2.84. The molecule has 0 bridgehead atoms. The summed E-state index contributed by atoms with van der Waals surface area (Å²) in [5.74, 6) is 1.04. The van der Waals surface area contributed by atoms with Crippen LogP contribution in [0.3, 0.4) is 0 Å². The highest BCUT2D eigenvalue weighted by molar-refractivity contribution is 7.10. The number of aromatic nitrogens is 1. The van der Waals surface area contributed by atoms with Crippen LogP contribution in [-0.2, 0) is 6.42 Å². The lowest BCUT2D eigenvalue weighted by Gasteiger charge is -2.35. The van der Waals surface area contributed by atoms with Gasteiger partial charge < -0.3 is 10.6 Å². The predicted molar refractivity (Wildman–Crippen MR) is 82.5 cm³/mol. The van der Waals surface area contributed by atoms with Gasteiger partial charge in [0.1, 0.15) is 11.6 Å². The Hall–Kier alpha value is -0.970. The molecular formula is C13H13Cl2N3S. The molecule has 0 saturated heterocycles. The number of hydrogen-bond acceptors (Lipinski definition) is 4. The van der Waals surface area contributed by atoms with Crippen LogP contribution in [0.1, 0.15) is 23.4 Å². The molecule has 6 heteroatoms. The Kier molecular flexibility index (Phi) is 3.33. The first kappa shape index (κ1) is 13.0. The monoisotopic (exact) mass is 313 g/mol. The molecule has 19 heavy (non-hydrogen) atoms. The molecule has 3 rings (SSSR count). The summed E-state index contributed by atoms with van der Waals surface area (Å²) in [7, 11) is 0. The van der Waals surface area contributed by atoms with E-state index in [1.807, 2.05) is 11.3 Å². The molecular weight excluding hydrogens is 301 g/mol. The van der Waals surface area contributed by atoms with E-state index in [-0.39, 0.29) is 6.04 Å². The fourth-order valence-corrected chi connectivity index (χ4v) is 3.90. The van der Waals surface area contributed by atoms with Gasteiger partial charge in [0.05, 0.1) is 16.1 Å². The van der Waals surface area contributed by atoms with E-state index in [1.54, 1.807) is 6.07 Å². The van der Waals surface area contributed by atoms with Crippen LogP contribution < -0.4 is 10.6 Å². The zero-order valence-corrected chi connectivity index (χ0v) is 12.7. The highest BCUT2D eigenvalue weighted by atomic mass is 35.5. The summed E-state index contributed by atoms with van der Waals surface area (Å²) in [6.07, 6.45) is 1.01. The molecule has 1 aliphatic heterocycles. The molecule has 0 saturated carbocycles. The average molecular weight is 314 g/mol. The number of nitrogen functional groups attached to an aromatic ring is 1. The lowest BCUT2D eigenvalue weighted by molar-refractivity contribution is 0.625. The van der Waals surface area contributed by atoms with Crippen molar-refractivity contribution >= 4 is 46.2 Å². The van der Waals surface area contributed by atoms with Gasteiger partial charge in [0.15, 0.2) is 0 Å². The van der Waals surface area contributed by atoms with Crippen molar-refractivity contribution in [2.24, 2.45) is 0 Å².